The number of H-pyrrole nitrogens is 1. The predicted octanol–water partition coefficient (Wildman–Crippen LogP) is 3.21. The Morgan fingerprint density at radius 1 is 1.05 bits per heavy atom. The van der Waals surface area contributed by atoms with Gasteiger partial charge in [-0.15, -0.1) is 0 Å². The number of aromatic amines is 1. The second-order valence-electron chi connectivity index (χ2n) is 9.56. The maximum absolute atomic E-state index is 12.7. The van der Waals surface area contributed by atoms with Crippen molar-refractivity contribution in [2.45, 2.75) is 13.5 Å². The summed E-state index contributed by atoms with van der Waals surface area (Å²) >= 11 is 0. The Labute approximate surface area is 224 Å². The van der Waals surface area contributed by atoms with E-state index in [-0.39, 0.29) is 11.5 Å². The van der Waals surface area contributed by atoms with Gasteiger partial charge in [-0.1, -0.05) is 6.07 Å². The van der Waals surface area contributed by atoms with Crippen LogP contribution < -0.4 is 16.6 Å². The molecule has 1 aliphatic heterocycles. The molecule has 0 bridgehead atoms. The zero-order valence-electron chi connectivity index (χ0n) is 21.6. The largest absolute Gasteiger partial charge is 0.379 e. The van der Waals surface area contributed by atoms with Crippen molar-refractivity contribution >= 4 is 28.2 Å². The number of rotatable bonds is 7. The molecule has 0 spiro atoms. The van der Waals surface area contributed by atoms with Crippen LogP contribution in [0.4, 0.5) is 17.5 Å². The number of nitrogens with zero attached hydrogens (tertiary/aromatic N) is 6. The Morgan fingerprint density at radius 2 is 1.87 bits per heavy atom. The zero-order valence-corrected chi connectivity index (χ0v) is 21.6. The molecular weight excluding hydrogens is 494 g/mol. The number of aryl methyl sites for hydroxylation is 1. The lowest BCUT2D eigenvalue weighted by atomic mass is 10.0. The van der Waals surface area contributed by atoms with Crippen LogP contribution in [0.5, 0.6) is 0 Å². The van der Waals surface area contributed by atoms with Gasteiger partial charge in [-0.2, -0.15) is 5.10 Å². The van der Waals surface area contributed by atoms with E-state index < -0.39 is 0 Å². The van der Waals surface area contributed by atoms with Gasteiger partial charge in [0.1, 0.15) is 5.82 Å². The molecule has 1 fully saturated rings. The summed E-state index contributed by atoms with van der Waals surface area (Å²) in [7, 11) is 0. The Hall–Kier alpha value is -4.61. The fourth-order valence-corrected chi connectivity index (χ4v) is 4.82. The van der Waals surface area contributed by atoms with E-state index in [2.05, 4.69) is 49.5 Å². The van der Waals surface area contributed by atoms with Gasteiger partial charge < -0.3 is 20.8 Å². The van der Waals surface area contributed by atoms with Crippen LogP contribution in [-0.2, 0) is 11.3 Å². The molecule has 0 unspecified atom stereocenters. The Morgan fingerprint density at radius 3 is 2.67 bits per heavy atom. The molecule has 6 rings (SSSR count). The van der Waals surface area contributed by atoms with Gasteiger partial charge in [-0.3, -0.25) is 14.4 Å². The van der Waals surface area contributed by atoms with Crippen LogP contribution >= 0.6 is 0 Å². The molecule has 5 heterocycles. The second-order valence-corrected chi connectivity index (χ2v) is 9.56. The topological polar surface area (TPSA) is 140 Å². The summed E-state index contributed by atoms with van der Waals surface area (Å²) in [6.45, 7) is 7.37. The number of nitrogen functional groups attached to an aromatic ring is 1. The molecule has 4 aromatic heterocycles. The highest BCUT2D eigenvalue weighted by atomic mass is 16.5. The first-order valence-corrected chi connectivity index (χ1v) is 12.8. The van der Waals surface area contributed by atoms with Crippen molar-refractivity contribution in [2.24, 2.45) is 0 Å². The lowest BCUT2D eigenvalue weighted by molar-refractivity contribution is 0.0360. The molecule has 1 aromatic carbocycles. The van der Waals surface area contributed by atoms with E-state index in [1.54, 1.807) is 18.6 Å². The smallest absolute Gasteiger partial charge is 0.259 e. The highest BCUT2D eigenvalue weighted by Crippen LogP contribution is 2.30. The normalized spacial score (nSPS) is 14.1. The number of fused-ring (bicyclic) bond motifs is 1. The maximum atomic E-state index is 12.7. The third-order valence-electron chi connectivity index (χ3n) is 6.90. The summed E-state index contributed by atoms with van der Waals surface area (Å²) in [5.74, 6) is 0.636. The number of nitrogens with one attached hydrogen (secondary N) is 2. The van der Waals surface area contributed by atoms with Crippen molar-refractivity contribution < 1.29 is 4.74 Å². The van der Waals surface area contributed by atoms with Crippen LogP contribution in [0.1, 0.15) is 5.56 Å². The van der Waals surface area contributed by atoms with Crippen LogP contribution in [0.25, 0.3) is 33.2 Å². The van der Waals surface area contributed by atoms with Crippen molar-refractivity contribution in [3.05, 3.63) is 77.2 Å². The summed E-state index contributed by atoms with van der Waals surface area (Å²) < 4.78 is 7.42. The number of anilines is 3. The number of hydrogen-bond acceptors (Lipinski definition) is 9. The maximum Gasteiger partial charge on any atom is 0.259 e. The van der Waals surface area contributed by atoms with Gasteiger partial charge in [0.2, 0.25) is 5.95 Å². The standard InChI is InChI=1S/C28H29N9O2/c1-18-12-22(2-3-23(18)21-16-33-37(17-21)7-6-36-8-10-39-11-9-36)34-26-25-19(4-5-30-27(25)38)13-24(35-26)20-14-31-28(29)32-15-20/h2-5,12-17H,6-11H2,1H3,(H,30,38)(H,34,35)(H2,29,31,32). The van der Waals surface area contributed by atoms with E-state index in [1.165, 1.54) is 0 Å². The van der Waals surface area contributed by atoms with Crippen LogP contribution in [0, 0.1) is 6.92 Å². The van der Waals surface area contributed by atoms with Crippen molar-refractivity contribution in [3.8, 4) is 22.4 Å². The summed E-state index contributed by atoms with van der Waals surface area (Å²) in [6, 6.07) is 9.78. The van der Waals surface area contributed by atoms with E-state index in [0.717, 1.165) is 67.2 Å². The molecule has 0 radical (unpaired) electrons. The van der Waals surface area contributed by atoms with Gasteiger partial charge in [0.15, 0.2) is 0 Å². The molecule has 198 valence electrons. The molecule has 39 heavy (non-hydrogen) atoms. The molecule has 1 saturated heterocycles. The number of nitrogens with two attached hydrogens (primary N) is 1. The minimum absolute atomic E-state index is 0.188. The fourth-order valence-electron chi connectivity index (χ4n) is 4.82. The number of morpholine rings is 1. The van der Waals surface area contributed by atoms with Gasteiger partial charge in [0.25, 0.3) is 5.56 Å². The van der Waals surface area contributed by atoms with E-state index in [1.807, 2.05) is 35.1 Å². The van der Waals surface area contributed by atoms with Gasteiger partial charge in [0, 0.05) is 61.2 Å². The third-order valence-corrected chi connectivity index (χ3v) is 6.90. The van der Waals surface area contributed by atoms with Gasteiger partial charge >= 0.3 is 0 Å². The van der Waals surface area contributed by atoms with Crippen LogP contribution in [0.2, 0.25) is 0 Å². The van der Waals surface area contributed by atoms with Crippen molar-refractivity contribution in [2.75, 3.05) is 43.9 Å². The Balaban J connectivity index is 1.26. The number of hydrogen-bond donors (Lipinski definition) is 3. The average Bonchev–Trinajstić information content (AvgIpc) is 3.41. The minimum atomic E-state index is -0.222. The molecule has 4 N–H and O–H groups in total. The number of benzene rings is 1. The van der Waals surface area contributed by atoms with Crippen molar-refractivity contribution in [1.82, 2.24) is 34.6 Å². The van der Waals surface area contributed by atoms with E-state index >= 15 is 0 Å². The number of pyridine rings is 2. The molecule has 11 heteroatoms. The van der Waals surface area contributed by atoms with Crippen LogP contribution in [0.3, 0.4) is 0 Å². The summed E-state index contributed by atoms with van der Waals surface area (Å²) in [5.41, 5.74) is 10.8. The first-order valence-electron chi connectivity index (χ1n) is 12.8. The zero-order chi connectivity index (χ0) is 26.8. The van der Waals surface area contributed by atoms with E-state index in [4.69, 9.17) is 15.5 Å². The average molecular weight is 524 g/mol. The quantitative estimate of drug-likeness (QED) is 0.293. The Bertz CT molecular complexity index is 1670. The minimum Gasteiger partial charge on any atom is -0.379 e. The van der Waals surface area contributed by atoms with Crippen molar-refractivity contribution in [1.29, 1.82) is 0 Å². The van der Waals surface area contributed by atoms with Crippen molar-refractivity contribution in [3.63, 3.8) is 0 Å². The molecule has 1 aliphatic rings. The van der Waals surface area contributed by atoms with Gasteiger partial charge in [0.05, 0.1) is 37.0 Å². The fraction of sp³-hybridized carbons (Fsp3) is 0.250. The number of ether oxygens (including phenoxy) is 1. The van der Waals surface area contributed by atoms with Gasteiger partial charge in [-0.05, 0) is 47.7 Å². The summed E-state index contributed by atoms with van der Waals surface area (Å²) in [5, 5.41) is 9.15. The molecular formula is C28H29N9O2. The third kappa shape index (κ3) is 5.35. The summed E-state index contributed by atoms with van der Waals surface area (Å²) in [4.78, 5) is 30.8. The SMILES string of the molecule is Cc1cc(Nc2nc(-c3cnc(N)nc3)cc3cc[nH]c(=O)c23)ccc1-c1cnn(CCN2CCOCC2)c1. The van der Waals surface area contributed by atoms with E-state index in [0.29, 0.717) is 22.5 Å². The summed E-state index contributed by atoms with van der Waals surface area (Å²) in [6.07, 6.45) is 8.85. The lowest BCUT2D eigenvalue weighted by Crippen LogP contribution is -2.38. The van der Waals surface area contributed by atoms with Crippen LogP contribution in [-0.4, -0.2) is 67.5 Å². The number of aromatic nitrogens is 6. The molecule has 0 saturated carbocycles. The molecule has 5 aromatic rings. The van der Waals surface area contributed by atoms with Crippen LogP contribution in [0.15, 0.2) is 66.1 Å². The molecule has 0 amide bonds. The van der Waals surface area contributed by atoms with Gasteiger partial charge in [-0.25, -0.2) is 15.0 Å². The molecule has 0 aliphatic carbocycles. The monoisotopic (exact) mass is 523 g/mol. The predicted molar refractivity (Wildman–Crippen MR) is 151 cm³/mol. The highest BCUT2D eigenvalue weighted by molar-refractivity contribution is 5.95. The van der Waals surface area contributed by atoms with E-state index in [9.17, 15) is 4.79 Å². The Kier molecular flexibility index (Phi) is 6.74. The highest BCUT2D eigenvalue weighted by Gasteiger charge is 2.14. The lowest BCUT2D eigenvalue weighted by Gasteiger charge is -2.26. The first kappa shape index (κ1) is 24.7. The molecule has 11 nitrogen and oxygen atoms in total. The first-order chi connectivity index (χ1) is 19.0. The molecule has 0 atom stereocenters. The second kappa shape index (κ2) is 10.6.